The lowest BCUT2D eigenvalue weighted by molar-refractivity contribution is -0.123. The Bertz CT molecular complexity index is 292. The molecule has 84 valence electrons. The lowest BCUT2D eigenvalue weighted by atomic mass is 10.1. The van der Waals surface area contributed by atoms with Crippen LogP contribution in [0.2, 0.25) is 0 Å². The molecule has 2 aliphatic rings. The summed E-state index contributed by atoms with van der Waals surface area (Å²) in [5, 5.41) is 15.3. The van der Waals surface area contributed by atoms with Crippen molar-refractivity contribution in [3.05, 3.63) is 12.7 Å². The van der Waals surface area contributed by atoms with Crippen molar-refractivity contribution in [1.82, 2.24) is 10.6 Å². The maximum atomic E-state index is 11.8. The van der Waals surface area contributed by atoms with Crippen molar-refractivity contribution >= 4 is 5.91 Å². The van der Waals surface area contributed by atoms with Gasteiger partial charge in [0.05, 0.1) is 12.1 Å². The lowest BCUT2D eigenvalue weighted by Gasteiger charge is -2.16. The number of β-amino-alcohol motifs (C(OH)–C–C–N with tert-alkyl or cyclic N) is 1. The van der Waals surface area contributed by atoms with Crippen LogP contribution in [0.3, 0.4) is 0 Å². The van der Waals surface area contributed by atoms with Crippen molar-refractivity contribution in [1.29, 1.82) is 0 Å². The molecular weight excluding hydrogens is 192 g/mol. The smallest absolute Gasteiger partial charge is 0.237 e. The quantitative estimate of drug-likeness (QED) is 0.565. The van der Waals surface area contributed by atoms with Crippen LogP contribution in [-0.2, 0) is 4.79 Å². The molecule has 1 aliphatic heterocycles. The SMILES string of the molecule is C=C[C@@H]1C[C@@]1(C)NC(=O)[C@@H]1C[C@H](O)CN1. The zero-order chi connectivity index (χ0) is 11.1. The summed E-state index contributed by atoms with van der Waals surface area (Å²) in [5.41, 5.74) is -0.103. The monoisotopic (exact) mass is 210 g/mol. The Kier molecular flexibility index (Phi) is 2.56. The van der Waals surface area contributed by atoms with Gasteiger partial charge in [-0.1, -0.05) is 6.08 Å². The van der Waals surface area contributed by atoms with Crippen molar-refractivity contribution < 1.29 is 9.90 Å². The summed E-state index contributed by atoms with van der Waals surface area (Å²) in [5.74, 6) is 0.395. The molecule has 1 amide bonds. The van der Waals surface area contributed by atoms with Crippen molar-refractivity contribution in [3.63, 3.8) is 0 Å². The number of rotatable bonds is 3. The highest BCUT2D eigenvalue weighted by molar-refractivity contribution is 5.83. The average Bonchev–Trinajstić information content (AvgIpc) is 2.62. The first-order chi connectivity index (χ1) is 7.05. The Balaban J connectivity index is 1.85. The lowest BCUT2D eigenvalue weighted by Crippen LogP contribution is -2.46. The normalized spacial score (nSPS) is 43.7. The van der Waals surface area contributed by atoms with Crippen molar-refractivity contribution in [2.75, 3.05) is 6.54 Å². The number of carbonyl (C=O) groups is 1. The fourth-order valence-corrected chi connectivity index (χ4v) is 2.17. The molecular formula is C11H18N2O2. The van der Waals surface area contributed by atoms with E-state index in [9.17, 15) is 9.90 Å². The zero-order valence-electron chi connectivity index (χ0n) is 8.99. The second kappa shape index (κ2) is 3.61. The molecule has 0 aromatic rings. The minimum Gasteiger partial charge on any atom is -0.392 e. The Morgan fingerprint density at radius 1 is 1.73 bits per heavy atom. The number of amides is 1. The Hall–Kier alpha value is -0.870. The van der Waals surface area contributed by atoms with Crippen LogP contribution >= 0.6 is 0 Å². The number of carbonyl (C=O) groups excluding carboxylic acids is 1. The summed E-state index contributed by atoms with van der Waals surface area (Å²) in [4.78, 5) is 11.8. The number of aliphatic hydroxyl groups is 1. The Morgan fingerprint density at radius 3 is 2.93 bits per heavy atom. The molecule has 0 unspecified atom stereocenters. The highest BCUT2D eigenvalue weighted by atomic mass is 16.3. The van der Waals surface area contributed by atoms with E-state index < -0.39 is 0 Å². The first-order valence-electron chi connectivity index (χ1n) is 5.41. The maximum absolute atomic E-state index is 11.8. The molecule has 4 atom stereocenters. The topological polar surface area (TPSA) is 61.4 Å². The summed E-state index contributed by atoms with van der Waals surface area (Å²) < 4.78 is 0. The van der Waals surface area contributed by atoms with E-state index in [1.807, 2.05) is 13.0 Å². The number of hydrogen-bond donors (Lipinski definition) is 3. The van der Waals surface area contributed by atoms with Crippen LogP contribution in [-0.4, -0.2) is 35.2 Å². The van der Waals surface area contributed by atoms with Gasteiger partial charge in [0.2, 0.25) is 5.91 Å². The third-order valence-electron chi connectivity index (χ3n) is 3.42. The Morgan fingerprint density at radius 2 is 2.47 bits per heavy atom. The number of nitrogens with one attached hydrogen (secondary N) is 2. The van der Waals surface area contributed by atoms with Gasteiger partial charge in [-0.3, -0.25) is 4.79 Å². The van der Waals surface area contributed by atoms with E-state index in [2.05, 4.69) is 17.2 Å². The molecule has 3 N–H and O–H groups in total. The van der Waals surface area contributed by atoms with Gasteiger partial charge in [0.15, 0.2) is 0 Å². The first kappa shape index (κ1) is 10.6. The minimum absolute atomic E-state index is 0.00148. The van der Waals surface area contributed by atoms with E-state index >= 15 is 0 Å². The highest BCUT2D eigenvalue weighted by Gasteiger charge is 2.50. The zero-order valence-corrected chi connectivity index (χ0v) is 8.99. The van der Waals surface area contributed by atoms with Gasteiger partial charge < -0.3 is 15.7 Å². The molecule has 1 saturated heterocycles. The molecule has 0 bridgehead atoms. The van der Waals surface area contributed by atoms with E-state index in [1.165, 1.54) is 0 Å². The van der Waals surface area contributed by atoms with Gasteiger partial charge in [0.1, 0.15) is 0 Å². The van der Waals surface area contributed by atoms with Crippen molar-refractivity contribution in [2.45, 2.75) is 37.5 Å². The van der Waals surface area contributed by atoms with Crippen LogP contribution in [0.25, 0.3) is 0 Å². The fourth-order valence-electron chi connectivity index (χ4n) is 2.17. The average molecular weight is 210 g/mol. The van der Waals surface area contributed by atoms with E-state index in [0.29, 0.717) is 18.9 Å². The van der Waals surface area contributed by atoms with Gasteiger partial charge in [0, 0.05) is 18.0 Å². The van der Waals surface area contributed by atoms with Gasteiger partial charge in [-0.25, -0.2) is 0 Å². The molecule has 0 aromatic carbocycles. The third-order valence-corrected chi connectivity index (χ3v) is 3.42. The molecule has 4 heteroatoms. The van der Waals surface area contributed by atoms with Crippen LogP contribution in [0.1, 0.15) is 19.8 Å². The minimum atomic E-state index is -0.386. The number of hydrogen-bond acceptors (Lipinski definition) is 3. The molecule has 2 rings (SSSR count). The third kappa shape index (κ3) is 2.06. The highest BCUT2D eigenvalue weighted by Crippen LogP contribution is 2.43. The Labute approximate surface area is 89.7 Å². The first-order valence-corrected chi connectivity index (χ1v) is 5.41. The van der Waals surface area contributed by atoms with Gasteiger partial charge in [-0.05, 0) is 19.8 Å². The molecule has 0 aromatic heterocycles. The van der Waals surface area contributed by atoms with Crippen LogP contribution in [0.5, 0.6) is 0 Å². The summed E-state index contributed by atoms with van der Waals surface area (Å²) in [6.45, 7) is 6.27. The molecule has 1 heterocycles. The second-order valence-electron chi connectivity index (χ2n) is 4.80. The second-order valence-corrected chi connectivity index (χ2v) is 4.80. The maximum Gasteiger partial charge on any atom is 0.237 e. The van der Waals surface area contributed by atoms with E-state index in [-0.39, 0.29) is 23.6 Å². The molecule has 1 aliphatic carbocycles. The van der Waals surface area contributed by atoms with E-state index in [4.69, 9.17) is 0 Å². The standard InChI is InChI=1S/C11H18N2O2/c1-3-7-5-11(7,2)13-10(15)9-4-8(14)6-12-9/h3,7-9,12,14H,1,4-6H2,2H3,(H,13,15)/t7-,8+,9+,11-/m1/s1. The van der Waals surface area contributed by atoms with Crippen LogP contribution in [0, 0.1) is 5.92 Å². The molecule has 2 fully saturated rings. The predicted molar refractivity (Wildman–Crippen MR) is 57.3 cm³/mol. The molecule has 15 heavy (non-hydrogen) atoms. The predicted octanol–water partition coefficient (Wildman–Crippen LogP) is -0.210. The fraction of sp³-hybridized carbons (Fsp3) is 0.727. The summed E-state index contributed by atoms with van der Waals surface area (Å²) in [7, 11) is 0. The van der Waals surface area contributed by atoms with Gasteiger partial charge in [0.25, 0.3) is 0 Å². The van der Waals surface area contributed by atoms with Gasteiger partial charge in [-0.15, -0.1) is 6.58 Å². The van der Waals surface area contributed by atoms with Crippen molar-refractivity contribution in [3.8, 4) is 0 Å². The molecule has 0 radical (unpaired) electrons. The molecule has 4 nitrogen and oxygen atoms in total. The van der Waals surface area contributed by atoms with Gasteiger partial charge >= 0.3 is 0 Å². The van der Waals surface area contributed by atoms with Crippen LogP contribution in [0.15, 0.2) is 12.7 Å². The van der Waals surface area contributed by atoms with Crippen LogP contribution < -0.4 is 10.6 Å². The summed E-state index contributed by atoms with van der Waals surface area (Å²) in [6.07, 6.45) is 2.98. The van der Waals surface area contributed by atoms with Gasteiger partial charge in [-0.2, -0.15) is 0 Å². The largest absolute Gasteiger partial charge is 0.392 e. The molecule has 1 saturated carbocycles. The summed E-state index contributed by atoms with van der Waals surface area (Å²) >= 11 is 0. The summed E-state index contributed by atoms with van der Waals surface area (Å²) in [6, 6.07) is -0.233. The molecule has 0 spiro atoms. The number of aliphatic hydroxyl groups excluding tert-OH is 1. The van der Waals surface area contributed by atoms with Crippen molar-refractivity contribution in [2.24, 2.45) is 5.92 Å². The van der Waals surface area contributed by atoms with Crippen LogP contribution in [0.4, 0.5) is 0 Å². The van der Waals surface area contributed by atoms with E-state index in [0.717, 1.165) is 6.42 Å². The van der Waals surface area contributed by atoms with E-state index in [1.54, 1.807) is 0 Å².